The molecule has 0 atom stereocenters. The zero-order valence-electron chi connectivity index (χ0n) is 6.52. The van der Waals surface area contributed by atoms with Gasteiger partial charge in [0.05, 0.1) is 0 Å². The Morgan fingerprint density at radius 2 is 2.20 bits per heavy atom. The Labute approximate surface area is 62.1 Å². The largest absolute Gasteiger partial charge is 0.261 e. The topological polar surface area (TPSA) is 12.9 Å². The van der Waals surface area contributed by atoms with Crippen LogP contribution in [0.3, 0.4) is 0 Å². The Bertz CT molecular complexity index is 228. The molecule has 0 aliphatic heterocycles. The summed E-state index contributed by atoms with van der Waals surface area (Å²) in [5.74, 6) is 0. The van der Waals surface area contributed by atoms with Crippen LogP contribution in [-0.2, 0) is 6.42 Å². The van der Waals surface area contributed by atoms with Gasteiger partial charge >= 0.3 is 0 Å². The van der Waals surface area contributed by atoms with Crippen LogP contribution < -0.4 is 0 Å². The Kier molecular flexibility index (Phi) is 2.05. The normalized spacial score (nSPS) is 9.90. The second-order valence-electron chi connectivity index (χ2n) is 2.53. The Hall–Kier alpha value is -0.850. The fourth-order valence-corrected chi connectivity index (χ4v) is 1.01. The van der Waals surface area contributed by atoms with E-state index in [1.165, 1.54) is 11.1 Å². The minimum Gasteiger partial charge on any atom is -0.261 e. The molecule has 1 aromatic rings. The number of aryl methyl sites for hydroxylation is 2. The molecule has 1 aromatic heterocycles. The van der Waals surface area contributed by atoms with Gasteiger partial charge in [-0.3, -0.25) is 4.98 Å². The Balaban J connectivity index is 3.07. The van der Waals surface area contributed by atoms with Gasteiger partial charge in [0.15, 0.2) is 0 Å². The highest BCUT2D eigenvalue weighted by Gasteiger charge is 1.95. The van der Waals surface area contributed by atoms with Crippen molar-refractivity contribution < 1.29 is 0 Å². The van der Waals surface area contributed by atoms with Crippen LogP contribution in [0.25, 0.3) is 0 Å². The Morgan fingerprint density at radius 3 is 2.70 bits per heavy atom. The summed E-state index contributed by atoms with van der Waals surface area (Å²) >= 11 is 0. The van der Waals surface area contributed by atoms with E-state index in [4.69, 9.17) is 0 Å². The first-order chi connectivity index (χ1) is 4.74. The molecular formula is C9H12N. The van der Waals surface area contributed by atoms with Gasteiger partial charge in [0.1, 0.15) is 0 Å². The van der Waals surface area contributed by atoms with Crippen molar-refractivity contribution in [2.24, 2.45) is 0 Å². The lowest BCUT2D eigenvalue weighted by Gasteiger charge is -2.00. The maximum Gasteiger partial charge on any atom is 0.0432 e. The molecule has 0 saturated heterocycles. The van der Waals surface area contributed by atoms with Crippen LogP contribution in [0, 0.1) is 20.8 Å². The molecule has 0 aromatic carbocycles. The predicted octanol–water partition coefficient (Wildman–Crippen LogP) is 2.08. The fraction of sp³-hybridized carbons (Fsp3) is 0.333. The van der Waals surface area contributed by atoms with E-state index < -0.39 is 0 Å². The predicted molar refractivity (Wildman–Crippen MR) is 42.8 cm³/mol. The van der Waals surface area contributed by atoms with E-state index in [2.05, 4.69) is 24.9 Å². The van der Waals surface area contributed by atoms with Gasteiger partial charge in [-0.2, -0.15) is 0 Å². The number of nitrogens with zero attached hydrogens (tertiary/aromatic N) is 1. The molecule has 1 radical (unpaired) electrons. The molecular weight excluding hydrogens is 122 g/mol. The van der Waals surface area contributed by atoms with E-state index in [1.807, 2.05) is 13.1 Å². The quantitative estimate of drug-likeness (QED) is 0.573. The van der Waals surface area contributed by atoms with Crippen LogP contribution in [-0.4, -0.2) is 4.98 Å². The van der Waals surface area contributed by atoms with Crippen LogP contribution in [0.15, 0.2) is 12.3 Å². The SMILES string of the molecule is [CH2]Cc1ncc(C)cc1C. The average molecular weight is 134 g/mol. The van der Waals surface area contributed by atoms with Gasteiger partial charge in [-0.25, -0.2) is 0 Å². The summed E-state index contributed by atoms with van der Waals surface area (Å²) < 4.78 is 0. The molecule has 0 fully saturated rings. The van der Waals surface area contributed by atoms with Crippen molar-refractivity contribution in [1.82, 2.24) is 4.98 Å². The van der Waals surface area contributed by atoms with E-state index >= 15 is 0 Å². The summed E-state index contributed by atoms with van der Waals surface area (Å²) in [5, 5.41) is 0. The van der Waals surface area contributed by atoms with Gasteiger partial charge in [0, 0.05) is 11.9 Å². The number of pyridine rings is 1. The molecule has 10 heavy (non-hydrogen) atoms. The third-order valence-electron chi connectivity index (χ3n) is 1.56. The van der Waals surface area contributed by atoms with Crippen LogP contribution in [0.2, 0.25) is 0 Å². The molecule has 1 heterocycles. The first-order valence-corrected chi connectivity index (χ1v) is 3.45. The van der Waals surface area contributed by atoms with E-state index in [1.54, 1.807) is 0 Å². The van der Waals surface area contributed by atoms with Crippen LogP contribution >= 0.6 is 0 Å². The van der Waals surface area contributed by atoms with Crippen molar-refractivity contribution in [3.63, 3.8) is 0 Å². The zero-order chi connectivity index (χ0) is 7.56. The molecule has 0 unspecified atom stereocenters. The van der Waals surface area contributed by atoms with Gasteiger partial charge in [-0.15, -0.1) is 0 Å². The molecule has 0 aliphatic carbocycles. The lowest BCUT2D eigenvalue weighted by atomic mass is 10.1. The maximum absolute atomic E-state index is 4.23. The van der Waals surface area contributed by atoms with Gasteiger partial charge in [0.25, 0.3) is 0 Å². The van der Waals surface area contributed by atoms with E-state index in [-0.39, 0.29) is 0 Å². The first-order valence-electron chi connectivity index (χ1n) is 3.45. The molecule has 0 N–H and O–H groups in total. The molecule has 0 aliphatic rings. The van der Waals surface area contributed by atoms with E-state index in [0.717, 1.165) is 12.1 Å². The summed E-state index contributed by atoms with van der Waals surface area (Å²) in [7, 11) is 0. The summed E-state index contributed by atoms with van der Waals surface area (Å²) in [6, 6.07) is 2.13. The first kappa shape index (κ1) is 7.26. The standard InChI is InChI=1S/C9H12N/c1-4-9-8(3)5-7(2)6-10-9/h5-6H,1,4H2,2-3H3. The van der Waals surface area contributed by atoms with Crippen LogP contribution in [0.1, 0.15) is 16.8 Å². The van der Waals surface area contributed by atoms with Crippen molar-refractivity contribution in [3.05, 3.63) is 36.0 Å². The lowest BCUT2D eigenvalue weighted by Crippen LogP contribution is -1.91. The molecule has 53 valence electrons. The number of hydrogen-bond donors (Lipinski definition) is 0. The van der Waals surface area contributed by atoms with E-state index in [9.17, 15) is 0 Å². The van der Waals surface area contributed by atoms with Gasteiger partial charge in [-0.05, 0) is 38.3 Å². The summed E-state index contributed by atoms with van der Waals surface area (Å²) in [4.78, 5) is 4.23. The third kappa shape index (κ3) is 1.35. The molecule has 1 rings (SSSR count). The van der Waals surface area contributed by atoms with Gasteiger partial charge in [-0.1, -0.05) is 6.07 Å². The van der Waals surface area contributed by atoms with Crippen LogP contribution in [0.4, 0.5) is 0 Å². The molecule has 0 amide bonds. The maximum atomic E-state index is 4.23. The van der Waals surface area contributed by atoms with Crippen molar-refractivity contribution in [1.29, 1.82) is 0 Å². The summed E-state index contributed by atoms with van der Waals surface area (Å²) in [6.07, 6.45) is 2.67. The fourth-order valence-electron chi connectivity index (χ4n) is 1.01. The third-order valence-corrected chi connectivity index (χ3v) is 1.56. The molecule has 0 spiro atoms. The highest BCUT2D eigenvalue weighted by molar-refractivity contribution is 5.23. The summed E-state index contributed by atoms with van der Waals surface area (Å²) in [5.41, 5.74) is 3.57. The van der Waals surface area contributed by atoms with Crippen molar-refractivity contribution in [2.45, 2.75) is 20.3 Å². The minimum absolute atomic E-state index is 0.784. The van der Waals surface area contributed by atoms with E-state index in [0.29, 0.717) is 0 Å². The number of hydrogen-bond acceptors (Lipinski definition) is 1. The zero-order valence-corrected chi connectivity index (χ0v) is 6.52. The van der Waals surface area contributed by atoms with Crippen LogP contribution in [0.5, 0.6) is 0 Å². The molecule has 1 nitrogen and oxygen atoms in total. The van der Waals surface area contributed by atoms with Gasteiger partial charge < -0.3 is 0 Å². The monoisotopic (exact) mass is 134 g/mol. The molecule has 1 heteroatoms. The smallest absolute Gasteiger partial charge is 0.0432 e. The second kappa shape index (κ2) is 2.82. The Morgan fingerprint density at radius 1 is 1.50 bits per heavy atom. The van der Waals surface area contributed by atoms with Crippen molar-refractivity contribution in [2.75, 3.05) is 0 Å². The van der Waals surface area contributed by atoms with Gasteiger partial charge in [0.2, 0.25) is 0 Å². The van der Waals surface area contributed by atoms with Crippen molar-refractivity contribution >= 4 is 0 Å². The lowest BCUT2D eigenvalue weighted by molar-refractivity contribution is 1.06. The summed E-state index contributed by atoms with van der Waals surface area (Å²) in [6.45, 7) is 7.90. The highest BCUT2D eigenvalue weighted by atomic mass is 14.7. The highest BCUT2D eigenvalue weighted by Crippen LogP contribution is 2.06. The molecule has 0 saturated carbocycles. The second-order valence-corrected chi connectivity index (χ2v) is 2.53. The molecule has 0 bridgehead atoms. The number of rotatable bonds is 1. The average Bonchev–Trinajstić information content (AvgIpc) is 1.88. The number of aromatic nitrogens is 1. The minimum atomic E-state index is 0.784. The van der Waals surface area contributed by atoms with Crippen molar-refractivity contribution in [3.8, 4) is 0 Å².